The minimum atomic E-state index is -4.65. The molecule has 0 saturated carbocycles. The monoisotopic (exact) mass is 379 g/mol. The predicted octanol–water partition coefficient (Wildman–Crippen LogP) is 3.09. The second-order valence-electron chi connectivity index (χ2n) is 5.27. The summed E-state index contributed by atoms with van der Waals surface area (Å²) in [5, 5.41) is 8.95. The van der Waals surface area contributed by atoms with Crippen molar-refractivity contribution in [3.05, 3.63) is 33.8 Å². The molecule has 1 saturated heterocycles. The lowest BCUT2D eigenvalue weighted by Gasteiger charge is -2.18. The van der Waals surface area contributed by atoms with Gasteiger partial charge < -0.3 is 10.0 Å². The van der Waals surface area contributed by atoms with Gasteiger partial charge in [-0.25, -0.2) is 0 Å². The first-order chi connectivity index (χ1) is 10.1. The molecule has 1 heterocycles. The van der Waals surface area contributed by atoms with Crippen molar-refractivity contribution in [3.8, 4) is 0 Å². The summed E-state index contributed by atoms with van der Waals surface area (Å²) in [4.78, 5) is 24.3. The van der Waals surface area contributed by atoms with E-state index in [0.717, 1.165) is 14.9 Å². The number of carboxylic acids is 1. The number of carbonyl (C=O) groups excluding carboxylic acids is 1. The zero-order valence-corrected chi connectivity index (χ0v) is 13.1. The van der Waals surface area contributed by atoms with Crippen LogP contribution in [0.2, 0.25) is 0 Å². The van der Waals surface area contributed by atoms with E-state index < -0.39 is 43.0 Å². The minimum Gasteiger partial charge on any atom is -0.481 e. The zero-order valence-electron chi connectivity index (χ0n) is 11.5. The fraction of sp³-hybridized carbons (Fsp3) is 0.429. The van der Waals surface area contributed by atoms with Crippen molar-refractivity contribution in [2.45, 2.75) is 13.1 Å². The van der Waals surface area contributed by atoms with Crippen molar-refractivity contribution < 1.29 is 27.9 Å². The first-order valence-corrected chi connectivity index (χ1v) is 7.25. The lowest BCUT2D eigenvalue weighted by Crippen LogP contribution is -2.34. The smallest absolute Gasteiger partial charge is 0.394 e. The molecule has 1 N–H and O–H groups in total. The van der Waals surface area contributed by atoms with Gasteiger partial charge in [0.25, 0.3) is 5.91 Å². The first kappa shape index (κ1) is 16.8. The van der Waals surface area contributed by atoms with Crippen LogP contribution >= 0.6 is 15.9 Å². The largest absolute Gasteiger partial charge is 0.481 e. The molecule has 2 atom stereocenters. The predicted molar refractivity (Wildman–Crippen MR) is 75.5 cm³/mol. The molecule has 1 aromatic carbocycles. The second-order valence-corrected chi connectivity index (χ2v) is 6.12. The molecule has 0 radical (unpaired) electrons. The standard InChI is InChI=1S/C14H13BrF3NO3/c1-7-4-8(2-3-11(7)15)12(20)19-5-9(13(21)22)10(6-19)14(16,17)18/h2-4,9-10H,5-6H2,1H3,(H,21,22)/t9-,10-/m1/s1. The van der Waals surface area contributed by atoms with E-state index in [9.17, 15) is 22.8 Å². The molecule has 2 rings (SSSR count). The molecular formula is C14H13BrF3NO3. The van der Waals surface area contributed by atoms with Crippen molar-refractivity contribution in [3.63, 3.8) is 0 Å². The number of likely N-dealkylation sites (tertiary alicyclic amines) is 1. The molecule has 0 aliphatic carbocycles. The molecule has 120 valence electrons. The number of nitrogens with zero attached hydrogens (tertiary/aromatic N) is 1. The fourth-order valence-electron chi connectivity index (χ4n) is 2.51. The zero-order chi connectivity index (χ0) is 16.7. The van der Waals surface area contributed by atoms with Crippen molar-refractivity contribution in [2.24, 2.45) is 11.8 Å². The van der Waals surface area contributed by atoms with Gasteiger partial charge in [0.15, 0.2) is 0 Å². The first-order valence-electron chi connectivity index (χ1n) is 6.46. The molecule has 0 aromatic heterocycles. The number of hydrogen-bond donors (Lipinski definition) is 1. The Labute approximate surface area is 133 Å². The molecule has 1 fully saturated rings. The molecule has 0 unspecified atom stereocenters. The third-order valence-corrected chi connectivity index (χ3v) is 4.64. The van der Waals surface area contributed by atoms with Crippen LogP contribution in [0, 0.1) is 18.8 Å². The highest BCUT2D eigenvalue weighted by Gasteiger charge is 2.53. The highest BCUT2D eigenvalue weighted by atomic mass is 79.9. The highest BCUT2D eigenvalue weighted by molar-refractivity contribution is 9.10. The molecule has 22 heavy (non-hydrogen) atoms. The Kier molecular flexibility index (Phi) is 4.51. The second kappa shape index (κ2) is 5.91. The maximum Gasteiger partial charge on any atom is 0.394 e. The molecule has 8 heteroatoms. The van der Waals surface area contributed by atoms with Crippen LogP contribution < -0.4 is 0 Å². The van der Waals surface area contributed by atoms with E-state index in [1.54, 1.807) is 19.1 Å². The van der Waals surface area contributed by atoms with Crippen LogP contribution in [0.1, 0.15) is 15.9 Å². The van der Waals surface area contributed by atoms with E-state index in [0.29, 0.717) is 0 Å². The number of rotatable bonds is 2. The number of carbonyl (C=O) groups is 2. The SMILES string of the molecule is Cc1cc(C(=O)N2C[C@@H](C(F)(F)F)[C@H](C(=O)O)C2)ccc1Br. The summed E-state index contributed by atoms with van der Waals surface area (Å²) in [5.41, 5.74) is 1.01. The van der Waals surface area contributed by atoms with Crippen LogP contribution in [-0.4, -0.2) is 41.1 Å². The van der Waals surface area contributed by atoms with Gasteiger partial charge >= 0.3 is 12.1 Å². The van der Waals surface area contributed by atoms with Gasteiger partial charge in [-0.2, -0.15) is 13.2 Å². The summed E-state index contributed by atoms with van der Waals surface area (Å²) in [6, 6.07) is 4.69. The molecule has 1 aliphatic heterocycles. The summed E-state index contributed by atoms with van der Waals surface area (Å²) in [5.74, 6) is -5.79. The normalized spacial score (nSPS) is 22.0. The number of amides is 1. The summed E-state index contributed by atoms with van der Waals surface area (Å²) >= 11 is 3.27. The van der Waals surface area contributed by atoms with Crippen molar-refractivity contribution in [1.29, 1.82) is 0 Å². The maximum absolute atomic E-state index is 12.9. The van der Waals surface area contributed by atoms with E-state index in [4.69, 9.17) is 5.11 Å². The van der Waals surface area contributed by atoms with Crippen molar-refractivity contribution in [2.75, 3.05) is 13.1 Å². The van der Waals surface area contributed by atoms with E-state index in [1.807, 2.05) is 0 Å². The number of hydrogen-bond acceptors (Lipinski definition) is 2. The highest BCUT2D eigenvalue weighted by Crippen LogP contribution is 2.38. The molecule has 1 aliphatic rings. The average Bonchev–Trinajstić information content (AvgIpc) is 2.86. The number of aliphatic carboxylic acids is 1. The van der Waals surface area contributed by atoms with Crippen LogP contribution in [0.5, 0.6) is 0 Å². The Morgan fingerprint density at radius 2 is 1.95 bits per heavy atom. The maximum atomic E-state index is 12.9. The summed E-state index contributed by atoms with van der Waals surface area (Å²) in [6.07, 6.45) is -4.65. The van der Waals surface area contributed by atoms with Gasteiger partial charge in [-0.1, -0.05) is 15.9 Å². The Bertz CT molecular complexity index is 618. The van der Waals surface area contributed by atoms with Gasteiger partial charge in [0.2, 0.25) is 0 Å². The molecular weight excluding hydrogens is 367 g/mol. The van der Waals surface area contributed by atoms with Crippen LogP contribution in [0.3, 0.4) is 0 Å². The average molecular weight is 380 g/mol. The van der Waals surface area contributed by atoms with Crippen LogP contribution in [0.25, 0.3) is 0 Å². The molecule has 1 aromatic rings. The Morgan fingerprint density at radius 1 is 1.32 bits per heavy atom. The quantitative estimate of drug-likeness (QED) is 0.858. The Morgan fingerprint density at radius 3 is 2.41 bits per heavy atom. The van der Waals surface area contributed by atoms with E-state index in [-0.39, 0.29) is 5.56 Å². The minimum absolute atomic E-state index is 0.243. The lowest BCUT2D eigenvalue weighted by molar-refractivity contribution is -0.187. The summed E-state index contributed by atoms with van der Waals surface area (Å²) in [7, 11) is 0. The number of carboxylic acid groups (broad SMARTS) is 1. The van der Waals surface area contributed by atoms with Gasteiger partial charge in [-0.15, -0.1) is 0 Å². The van der Waals surface area contributed by atoms with Crippen LogP contribution in [0.15, 0.2) is 22.7 Å². The van der Waals surface area contributed by atoms with Gasteiger partial charge in [0, 0.05) is 23.1 Å². The fourth-order valence-corrected chi connectivity index (χ4v) is 2.76. The molecule has 0 bridgehead atoms. The third kappa shape index (κ3) is 3.26. The van der Waals surface area contributed by atoms with Crippen LogP contribution in [-0.2, 0) is 4.79 Å². The summed E-state index contributed by atoms with van der Waals surface area (Å²) < 4.78 is 39.5. The van der Waals surface area contributed by atoms with Gasteiger partial charge in [0.05, 0.1) is 11.8 Å². The number of benzene rings is 1. The number of halogens is 4. The van der Waals surface area contributed by atoms with Crippen molar-refractivity contribution in [1.82, 2.24) is 4.90 Å². The molecule has 4 nitrogen and oxygen atoms in total. The summed E-state index contributed by atoms with van der Waals surface area (Å²) in [6.45, 7) is 0.686. The topological polar surface area (TPSA) is 57.6 Å². The lowest BCUT2D eigenvalue weighted by atomic mass is 9.96. The van der Waals surface area contributed by atoms with E-state index in [1.165, 1.54) is 6.07 Å². The molecule has 0 spiro atoms. The number of alkyl halides is 3. The van der Waals surface area contributed by atoms with Gasteiger partial charge in [-0.05, 0) is 30.7 Å². The Hall–Kier alpha value is -1.57. The van der Waals surface area contributed by atoms with Crippen LogP contribution in [0.4, 0.5) is 13.2 Å². The molecule has 1 amide bonds. The van der Waals surface area contributed by atoms with E-state index >= 15 is 0 Å². The Balaban J connectivity index is 2.24. The van der Waals surface area contributed by atoms with Crippen molar-refractivity contribution >= 4 is 27.8 Å². The van der Waals surface area contributed by atoms with E-state index in [2.05, 4.69) is 15.9 Å². The van der Waals surface area contributed by atoms with Gasteiger partial charge in [0.1, 0.15) is 0 Å². The number of aryl methyl sites for hydroxylation is 1. The third-order valence-electron chi connectivity index (χ3n) is 3.75. The van der Waals surface area contributed by atoms with Gasteiger partial charge in [-0.3, -0.25) is 9.59 Å².